The van der Waals surface area contributed by atoms with E-state index >= 15 is 0 Å². The predicted octanol–water partition coefficient (Wildman–Crippen LogP) is 3.26. The molecular formula is C14H9FN2. The van der Waals surface area contributed by atoms with E-state index in [0.29, 0.717) is 16.8 Å². The maximum absolute atomic E-state index is 13.3. The van der Waals surface area contributed by atoms with E-state index in [-0.39, 0.29) is 5.82 Å². The van der Waals surface area contributed by atoms with Crippen LogP contribution in [0.2, 0.25) is 0 Å². The van der Waals surface area contributed by atoms with Crippen LogP contribution in [0, 0.1) is 17.1 Å². The van der Waals surface area contributed by atoms with Crippen LogP contribution in [0.3, 0.4) is 0 Å². The van der Waals surface area contributed by atoms with Crippen LogP contribution in [0.5, 0.6) is 0 Å². The van der Waals surface area contributed by atoms with Gasteiger partial charge in [0.25, 0.3) is 0 Å². The van der Waals surface area contributed by atoms with Crippen molar-refractivity contribution in [2.24, 2.45) is 0 Å². The van der Waals surface area contributed by atoms with Crippen molar-refractivity contribution >= 4 is 12.2 Å². The van der Waals surface area contributed by atoms with Crippen LogP contribution in [0.4, 0.5) is 4.39 Å². The van der Waals surface area contributed by atoms with Gasteiger partial charge in [-0.1, -0.05) is 36.4 Å². The molecule has 0 spiro atoms. The lowest BCUT2D eigenvalue weighted by Crippen LogP contribution is -1.86. The molecule has 1 aromatic carbocycles. The van der Waals surface area contributed by atoms with E-state index in [1.807, 2.05) is 6.07 Å². The van der Waals surface area contributed by atoms with Gasteiger partial charge < -0.3 is 0 Å². The highest BCUT2D eigenvalue weighted by Crippen LogP contribution is 2.13. The second-order valence-electron chi connectivity index (χ2n) is 3.41. The monoisotopic (exact) mass is 224 g/mol. The number of aromatic nitrogens is 1. The molecule has 0 aliphatic carbocycles. The first-order valence-electron chi connectivity index (χ1n) is 5.09. The maximum Gasteiger partial charge on any atom is 0.147 e. The zero-order valence-corrected chi connectivity index (χ0v) is 8.97. The van der Waals surface area contributed by atoms with Crippen LogP contribution >= 0.6 is 0 Å². The minimum atomic E-state index is -0.286. The Morgan fingerprint density at radius 1 is 1.06 bits per heavy atom. The Labute approximate surface area is 98.7 Å². The minimum absolute atomic E-state index is 0.286. The van der Waals surface area contributed by atoms with E-state index in [1.165, 1.54) is 6.07 Å². The largest absolute Gasteiger partial charge is 0.245 e. The third-order valence-electron chi connectivity index (χ3n) is 2.29. The summed E-state index contributed by atoms with van der Waals surface area (Å²) in [6.45, 7) is 0. The molecule has 0 radical (unpaired) electrons. The Balaban J connectivity index is 2.33. The quantitative estimate of drug-likeness (QED) is 0.785. The van der Waals surface area contributed by atoms with Crippen LogP contribution in [-0.4, -0.2) is 4.98 Å². The summed E-state index contributed by atoms with van der Waals surface area (Å²) in [7, 11) is 0. The lowest BCUT2D eigenvalue weighted by atomic mass is 10.1. The molecule has 17 heavy (non-hydrogen) atoms. The van der Waals surface area contributed by atoms with E-state index in [2.05, 4.69) is 4.98 Å². The highest BCUT2D eigenvalue weighted by Gasteiger charge is 1.99. The summed E-state index contributed by atoms with van der Waals surface area (Å²) < 4.78 is 13.3. The number of pyridine rings is 1. The third kappa shape index (κ3) is 2.56. The summed E-state index contributed by atoms with van der Waals surface area (Å²) in [4.78, 5) is 3.93. The van der Waals surface area contributed by atoms with Crippen molar-refractivity contribution in [2.75, 3.05) is 0 Å². The molecule has 0 bridgehead atoms. The molecule has 2 rings (SSSR count). The smallest absolute Gasteiger partial charge is 0.147 e. The van der Waals surface area contributed by atoms with Gasteiger partial charge in [0, 0.05) is 17.3 Å². The molecule has 2 nitrogen and oxygen atoms in total. The maximum atomic E-state index is 13.3. The number of rotatable bonds is 2. The van der Waals surface area contributed by atoms with Gasteiger partial charge in [-0.25, -0.2) is 9.37 Å². The van der Waals surface area contributed by atoms with Gasteiger partial charge in [0.2, 0.25) is 0 Å². The third-order valence-corrected chi connectivity index (χ3v) is 2.29. The van der Waals surface area contributed by atoms with E-state index < -0.39 is 0 Å². The zero-order chi connectivity index (χ0) is 12.1. The van der Waals surface area contributed by atoms with Crippen molar-refractivity contribution in [3.8, 4) is 6.07 Å². The number of hydrogen-bond donors (Lipinski definition) is 0. The molecule has 82 valence electrons. The van der Waals surface area contributed by atoms with E-state index in [9.17, 15) is 4.39 Å². The molecule has 0 fully saturated rings. The van der Waals surface area contributed by atoms with Crippen LogP contribution < -0.4 is 0 Å². The molecule has 0 aliphatic rings. The second-order valence-corrected chi connectivity index (χ2v) is 3.41. The fourth-order valence-corrected chi connectivity index (χ4v) is 1.44. The van der Waals surface area contributed by atoms with E-state index in [4.69, 9.17) is 5.26 Å². The Kier molecular flexibility index (Phi) is 3.27. The van der Waals surface area contributed by atoms with Crippen molar-refractivity contribution < 1.29 is 4.39 Å². The lowest BCUT2D eigenvalue weighted by molar-refractivity contribution is 0.625. The fraction of sp³-hybridized carbons (Fsp3) is 0. The second kappa shape index (κ2) is 5.04. The highest BCUT2D eigenvalue weighted by atomic mass is 19.1. The molecule has 0 atom stereocenters. The molecule has 3 heteroatoms. The summed E-state index contributed by atoms with van der Waals surface area (Å²) in [5.74, 6) is -0.286. The van der Waals surface area contributed by atoms with Crippen LogP contribution in [0.15, 0.2) is 42.6 Å². The number of halogens is 1. The Morgan fingerprint density at radius 3 is 2.53 bits per heavy atom. The number of nitrogens with zero attached hydrogens (tertiary/aromatic N) is 2. The Hall–Kier alpha value is -2.47. The van der Waals surface area contributed by atoms with Crippen LogP contribution in [-0.2, 0) is 0 Å². The molecule has 0 amide bonds. The van der Waals surface area contributed by atoms with Gasteiger partial charge in [0.1, 0.15) is 17.6 Å². The molecule has 0 unspecified atom stereocenters. The van der Waals surface area contributed by atoms with Gasteiger partial charge in [0.15, 0.2) is 0 Å². The zero-order valence-electron chi connectivity index (χ0n) is 8.97. The number of benzene rings is 1. The molecule has 0 saturated carbocycles. The number of nitriles is 1. The van der Waals surface area contributed by atoms with Crippen molar-refractivity contribution in [1.82, 2.24) is 4.98 Å². The summed E-state index contributed by atoms with van der Waals surface area (Å²) in [5, 5.41) is 8.85. The first-order chi connectivity index (χ1) is 8.31. The van der Waals surface area contributed by atoms with Crippen LogP contribution in [0.1, 0.15) is 16.8 Å². The van der Waals surface area contributed by atoms with E-state index in [1.54, 1.807) is 48.7 Å². The van der Waals surface area contributed by atoms with Gasteiger partial charge >= 0.3 is 0 Å². The minimum Gasteiger partial charge on any atom is -0.245 e. The topological polar surface area (TPSA) is 36.7 Å². The fourth-order valence-electron chi connectivity index (χ4n) is 1.44. The van der Waals surface area contributed by atoms with E-state index in [0.717, 1.165) is 0 Å². The summed E-state index contributed by atoms with van der Waals surface area (Å²) >= 11 is 0. The van der Waals surface area contributed by atoms with Gasteiger partial charge in [0.05, 0.1) is 0 Å². The van der Waals surface area contributed by atoms with Gasteiger partial charge in [-0.15, -0.1) is 0 Å². The SMILES string of the molecule is N#Cc1ncccc1C=Cc1ccccc1F. The first-order valence-corrected chi connectivity index (χ1v) is 5.09. The summed E-state index contributed by atoms with van der Waals surface area (Å²) in [6, 6.07) is 12.0. The average molecular weight is 224 g/mol. The van der Waals surface area contributed by atoms with Gasteiger partial charge in [-0.05, 0) is 12.1 Å². The average Bonchev–Trinajstić information content (AvgIpc) is 2.38. The van der Waals surface area contributed by atoms with Crippen molar-refractivity contribution in [1.29, 1.82) is 5.26 Å². The molecule has 0 aliphatic heterocycles. The number of hydrogen-bond acceptors (Lipinski definition) is 2. The molecule has 1 heterocycles. The predicted molar refractivity (Wildman–Crippen MR) is 64.3 cm³/mol. The van der Waals surface area contributed by atoms with Gasteiger partial charge in [-0.3, -0.25) is 0 Å². The normalized spacial score (nSPS) is 10.4. The van der Waals surface area contributed by atoms with Gasteiger partial charge in [-0.2, -0.15) is 5.26 Å². The Morgan fingerprint density at radius 2 is 1.76 bits per heavy atom. The standard InChI is InChI=1S/C14H9FN2/c15-13-6-2-1-4-11(13)7-8-12-5-3-9-17-14(12)10-16/h1-9H. The first kappa shape index (κ1) is 11.0. The van der Waals surface area contributed by atoms with Crippen molar-refractivity contribution in [3.05, 3.63) is 65.2 Å². The molecule has 0 N–H and O–H groups in total. The summed E-state index contributed by atoms with van der Waals surface area (Å²) in [6.07, 6.45) is 4.87. The Bertz CT molecular complexity index is 597. The van der Waals surface area contributed by atoms with Crippen molar-refractivity contribution in [2.45, 2.75) is 0 Å². The molecule has 1 aromatic heterocycles. The van der Waals surface area contributed by atoms with Crippen LogP contribution in [0.25, 0.3) is 12.2 Å². The summed E-state index contributed by atoms with van der Waals surface area (Å²) in [5.41, 5.74) is 1.50. The highest BCUT2D eigenvalue weighted by molar-refractivity contribution is 5.71. The molecule has 2 aromatic rings. The lowest BCUT2D eigenvalue weighted by Gasteiger charge is -1.97. The molecular weight excluding hydrogens is 215 g/mol. The molecule has 0 saturated heterocycles. The van der Waals surface area contributed by atoms with Crippen molar-refractivity contribution in [3.63, 3.8) is 0 Å².